The smallest absolute Gasteiger partial charge is 0.260 e. The summed E-state index contributed by atoms with van der Waals surface area (Å²) < 4.78 is 6.41. The number of amides is 4. The van der Waals surface area contributed by atoms with Crippen LogP contribution in [0.25, 0.3) is 0 Å². The maximum Gasteiger partial charge on any atom is 0.260 e. The molecule has 2 heterocycles. The van der Waals surface area contributed by atoms with Crippen molar-refractivity contribution < 1.29 is 34.1 Å². The number of halogens is 2. The van der Waals surface area contributed by atoms with Crippen LogP contribution in [0.15, 0.2) is 106 Å². The van der Waals surface area contributed by atoms with Crippen molar-refractivity contribution >= 4 is 61.2 Å². The molecule has 0 radical (unpaired) electrons. The standard InChI is InChI=1S/C42H37Br2N3O7/c1-22-8-12-25(13-9-22)45-47-39(51)31-20-29-27(16-17-28-33(29)40(52)46(38(28)50)19-18-23-10-14-26(48)15-11-23)34(30-21-32(54-2)37(49)36(44)35(30)43)42(31,41(47)53)24-6-4-3-5-7-24/h3-16,21,28-29,31,33-34,45,48-49H,17-20H2,1-2H3/t28-,29+,31-,33-,34+,42+/m0/s1. The van der Waals surface area contributed by atoms with Crippen molar-refractivity contribution in [3.63, 3.8) is 0 Å². The number of likely N-dealkylation sites (tertiary alicyclic amines) is 1. The summed E-state index contributed by atoms with van der Waals surface area (Å²) in [5.74, 6) is -4.92. The molecule has 4 aromatic rings. The number of nitrogens with one attached hydrogen (secondary N) is 1. The number of rotatable bonds is 8. The molecule has 1 saturated carbocycles. The van der Waals surface area contributed by atoms with Crippen LogP contribution in [-0.4, -0.2) is 57.4 Å². The summed E-state index contributed by atoms with van der Waals surface area (Å²) in [6, 6.07) is 25.0. The molecule has 4 aliphatic rings. The average Bonchev–Trinajstić information content (AvgIpc) is 3.55. The summed E-state index contributed by atoms with van der Waals surface area (Å²) in [4.78, 5) is 60.2. The van der Waals surface area contributed by atoms with E-state index in [1.165, 1.54) is 12.0 Å². The van der Waals surface area contributed by atoms with Crippen molar-refractivity contribution in [3.8, 4) is 17.2 Å². The molecule has 12 heteroatoms. The van der Waals surface area contributed by atoms with E-state index in [2.05, 4.69) is 37.3 Å². The number of hydrogen-bond donors (Lipinski definition) is 3. The number of phenols is 2. The molecule has 3 fully saturated rings. The molecule has 3 N–H and O–H groups in total. The lowest BCUT2D eigenvalue weighted by Gasteiger charge is -2.51. The zero-order valence-corrected chi connectivity index (χ0v) is 32.6. The van der Waals surface area contributed by atoms with Gasteiger partial charge in [-0.1, -0.05) is 71.8 Å². The van der Waals surface area contributed by atoms with Gasteiger partial charge in [0.05, 0.1) is 40.4 Å². The Hall–Kier alpha value is -4.94. The van der Waals surface area contributed by atoms with Crippen LogP contribution in [0, 0.1) is 30.6 Å². The predicted octanol–water partition coefficient (Wildman–Crippen LogP) is 7.17. The maximum atomic E-state index is 15.4. The number of aromatic hydroxyl groups is 2. The molecule has 4 aromatic carbocycles. The van der Waals surface area contributed by atoms with Crippen LogP contribution < -0.4 is 10.2 Å². The molecule has 0 unspecified atom stereocenters. The fourth-order valence-corrected chi connectivity index (χ4v) is 10.2. The van der Waals surface area contributed by atoms with Crippen molar-refractivity contribution in [1.29, 1.82) is 0 Å². The summed E-state index contributed by atoms with van der Waals surface area (Å²) in [5, 5.41) is 21.9. The molecule has 2 saturated heterocycles. The van der Waals surface area contributed by atoms with Crippen LogP contribution in [0.3, 0.4) is 0 Å². The molecule has 276 valence electrons. The van der Waals surface area contributed by atoms with Gasteiger partial charge in [0, 0.05) is 16.9 Å². The summed E-state index contributed by atoms with van der Waals surface area (Å²) in [7, 11) is 1.44. The minimum absolute atomic E-state index is 0.132. The van der Waals surface area contributed by atoms with Gasteiger partial charge in [0.25, 0.3) is 11.8 Å². The van der Waals surface area contributed by atoms with E-state index in [4.69, 9.17) is 4.74 Å². The fraction of sp³-hybridized carbons (Fsp3) is 0.286. The van der Waals surface area contributed by atoms with Gasteiger partial charge in [-0.25, -0.2) is 0 Å². The highest BCUT2D eigenvalue weighted by Crippen LogP contribution is 2.65. The van der Waals surface area contributed by atoms with E-state index in [0.29, 0.717) is 32.2 Å². The first-order chi connectivity index (χ1) is 26.0. The molecule has 2 aliphatic carbocycles. The van der Waals surface area contributed by atoms with Crippen molar-refractivity contribution in [2.24, 2.45) is 23.7 Å². The summed E-state index contributed by atoms with van der Waals surface area (Å²) in [5.41, 5.74) is 6.09. The number of methoxy groups -OCH3 is 1. The monoisotopic (exact) mass is 853 g/mol. The maximum absolute atomic E-state index is 15.4. The van der Waals surface area contributed by atoms with Gasteiger partial charge in [-0.05, 0) is 111 Å². The third kappa shape index (κ3) is 5.47. The van der Waals surface area contributed by atoms with E-state index in [1.807, 2.05) is 67.6 Å². The molecular formula is C42H37Br2N3O7. The van der Waals surface area contributed by atoms with Gasteiger partial charge in [-0.15, -0.1) is 0 Å². The highest BCUT2D eigenvalue weighted by atomic mass is 79.9. The van der Waals surface area contributed by atoms with Gasteiger partial charge in [-0.3, -0.25) is 29.5 Å². The molecular weight excluding hydrogens is 818 g/mol. The van der Waals surface area contributed by atoms with Crippen LogP contribution in [-0.2, 0) is 31.0 Å². The predicted molar refractivity (Wildman–Crippen MR) is 207 cm³/mol. The SMILES string of the molecule is COc1cc([C@H]2C3=CC[C@@H]4C(=O)N(CCc5ccc(O)cc5)C(=O)[C@@H]4[C@@H]3C[C@H]3C(=O)N(Nc4ccc(C)cc4)C(=O)[C@@]23c2ccccc2)c(Br)c(Br)c1O. The fourth-order valence-electron chi connectivity index (χ4n) is 9.26. The number of anilines is 1. The number of phenolic OH excluding ortho intramolecular Hbond substituents is 2. The number of nitrogens with zero attached hydrogens (tertiary/aromatic N) is 2. The zero-order valence-electron chi connectivity index (χ0n) is 29.5. The topological polar surface area (TPSA) is 136 Å². The number of carbonyl (C=O) groups excluding carboxylic acids is 4. The molecule has 6 atom stereocenters. The second kappa shape index (κ2) is 13.7. The number of carbonyl (C=O) groups is 4. The van der Waals surface area contributed by atoms with E-state index in [-0.39, 0.29) is 48.4 Å². The number of benzene rings is 4. The van der Waals surface area contributed by atoms with E-state index >= 15 is 4.79 Å². The minimum Gasteiger partial charge on any atom is -0.508 e. The zero-order chi connectivity index (χ0) is 38.1. The first-order valence-corrected chi connectivity index (χ1v) is 19.4. The van der Waals surface area contributed by atoms with Gasteiger partial charge in [0.15, 0.2) is 11.5 Å². The van der Waals surface area contributed by atoms with Crippen molar-refractivity contribution in [3.05, 3.63) is 128 Å². The van der Waals surface area contributed by atoms with Crippen LogP contribution in [0.4, 0.5) is 5.69 Å². The molecule has 2 aliphatic heterocycles. The first-order valence-electron chi connectivity index (χ1n) is 17.8. The van der Waals surface area contributed by atoms with Gasteiger partial charge in [0.1, 0.15) is 5.75 Å². The van der Waals surface area contributed by atoms with Gasteiger partial charge in [0.2, 0.25) is 11.8 Å². The molecule has 8 rings (SSSR count). The molecule has 4 amide bonds. The Morgan fingerprint density at radius 3 is 2.26 bits per heavy atom. The van der Waals surface area contributed by atoms with Crippen LogP contribution in [0.2, 0.25) is 0 Å². The lowest BCUT2D eigenvalue weighted by atomic mass is 9.49. The van der Waals surface area contributed by atoms with E-state index in [9.17, 15) is 24.6 Å². The van der Waals surface area contributed by atoms with Crippen molar-refractivity contribution in [2.75, 3.05) is 19.1 Å². The molecule has 0 aromatic heterocycles. The minimum atomic E-state index is -1.49. The Bertz CT molecular complexity index is 2230. The Labute approximate surface area is 329 Å². The number of imide groups is 2. The normalized spacial score (nSPS) is 26.0. The van der Waals surface area contributed by atoms with Gasteiger partial charge < -0.3 is 14.9 Å². The Balaban J connectivity index is 1.29. The van der Waals surface area contributed by atoms with Crippen LogP contribution in [0.5, 0.6) is 17.2 Å². The Morgan fingerprint density at radius 1 is 0.870 bits per heavy atom. The van der Waals surface area contributed by atoms with Crippen molar-refractivity contribution in [2.45, 2.75) is 37.5 Å². The average molecular weight is 856 g/mol. The van der Waals surface area contributed by atoms with Gasteiger partial charge in [-0.2, -0.15) is 5.01 Å². The number of allylic oxidation sites excluding steroid dienone is 2. The van der Waals surface area contributed by atoms with E-state index in [0.717, 1.165) is 21.7 Å². The highest BCUT2D eigenvalue weighted by molar-refractivity contribution is 9.13. The second-order valence-electron chi connectivity index (χ2n) is 14.5. The number of ether oxygens (including phenoxy) is 1. The Morgan fingerprint density at radius 2 is 1.57 bits per heavy atom. The van der Waals surface area contributed by atoms with Crippen LogP contribution >= 0.6 is 31.9 Å². The molecule has 0 spiro atoms. The molecule has 0 bridgehead atoms. The largest absolute Gasteiger partial charge is 0.508 e. The molecule has 54 heavy (non-hydrogen) atoms. The third-order valence-corrected chi connectivity index (χ3v) is 13.9. The molecule has 10 nitrogen and oxygen atoms in total. The summed E-state index contributed by atoms with van der Waals surface area (Å²) in [6.07, 6.45) is 2.86. The third-order valence-electron chi connectivity index (χ3n) is 11.7. The number of hydrogen-bond acceptors (Lipinski definition) is 8. The van der Waals surface area contributed by atoms with E-state index < -0.39 is 46.8 Å². The summed E-state index contributed by atoms with van der Waals surface area (Å²) >= 11 is 7.26. The lowest BCUT2D eigenvalue weighted by Crippen LogP contribution is -2.53. The van der Waals surface area contributed by atoms with Crippen molar-refractivity contribution in [1.82, 2.24) is 9.91 Å². The van der Waals surface area contributed by atoms with Crippen LogP contribution in [0.1, 0.15) is 41.0 Å². The highest BCUT2D eigenvalue weighted by Gasteiger charge is 2.70. The quantitative estimate of drug-likeness (QED) is 0.126. The Kier molecular flexibility index (Phi) is 9.16. The first kappa shape index (κ1) is 36.1. The number of hydrazine groups is 1. The number of fused-ring (bicyclic) bond motifs is 4. The van der Waals surface area contributed by atoms with E-state index in [1.54, 1.807) is 30.3 Å². The lowest BCUT2D eigenvalue weighted by molar-refractivity contribution is -0.141. The number of aryl methyl sites for hydroxylation is 1. The second-order valence-corrected chi connectivity index (χ2v) is 16.1. The summed E-state index contributed by atoms with van der Waals surface area (Å²) in [6.45, 7) is 2.13. The van der Waals surface area contributed by atoms with Gasteiger partial charge >= 0.3 is 0 Å².